The number of esters is 1. The fourth-order valence-corrected chi connectivity index (χ4v) is 2.03. The number of benzene rings is 1. The molecule has 0 aromatic heterocycles. The zero-order valence-corrected chi connectivity index (χ0v) is 12.0. The minimum Gasteiger partial charge on any atom is -0.460 e. The van der Waals surface area contributed by atoms with Crippen LogP contribution in [0.1, 0.15) is 17.3 Å². The van der Waals surface area contributed by atoms with Crippen LogP contribution in [-0.4, -0.2) is 18.4 Å². The van der Waals surface area contributed by atoms with Crippen molar-refractivity contribution in [1.82, 2.24) is 0 Å². The average Bonchev–Trinajstić information content (AvgIpc) is 2.24. The van der Waals surface area contributed by atoms with Gasteiger partial charge in [-0.1, -0.05) is 0 Å². The number of halogens is 3. The Morgan fingerprint density at radius 1 is 1.50 bits per heavy atom. The first kappa shape index (κ1) is 13.6. The Bertz CT molecular complexity index is 448. The average molecular weight is 401 g/mol. The molecule has 0 aliphatic heterocycles. The number of hydrogen-bond donors (Lipinski definition) is 0. The predicted molar refractivity (Wildman–Crippen MR) is 67.8 cm³/mol. The van der Waals surface area contributed by atoms with Gasteiger partial charge in [0.15, 0.2) is 0 Å². The Labute approximate surface area is 114 Å². The second-order valence-corrected chi connectivity index (χ2v) is 4.78. The van der Waals surface area contributed by atoms with Gasteiger partial charge >= 0.3 is 5.97 Å². The number of carbonyl (C=O) groups excluding carboxylic acids is 2. The van der Waals surface area contributed by atoms with Crippen molar-refractivity contribution in [1.29, 1.82) is 0 Å². The summed E-state index contributed by atoms with van der Waals surface area (Å²) in [6.45, 7) is 1.66. The molecule has 0 aliphatic rings. The van der Waals surface area contributed by atoms with E-state index in [0.717, 1.165) is 0 Å². The molecule has 1 aromatic carbocycles. The second-order valence-electron chi connectivity index (χ2n) is 2.77. The van der Waals surface area contributed by atoms with Crippen LogP contribution in [0.5, 0.6) is 0 Å². The van der Waals surface area contributed by atoms with Gasteiger partial charge in [-0.15, -0.1) is 0 Å². The number of Topliss-reactive ketones (excluding diaryl/α,β-unsaturated/α-hetero) is 1. The minimum atomic E-state index is -1.04. The van der Waals surface area contributed by atoms with Crippen LogP contribution in [0, 0.1) is 9.39 Å². The van der Waals surface area contributed by atoms with Gasteiger partial charge in [0, 0.05) is 3.57 Å². The van der Waals surface area contributed by atoms with Crippen molar-refractivity contribution in [2.45, 2.75) is 6.92 Å². The molecule has 1 rings (SSSR count). The summed E-state index contributed by atoms with van der Waals surface area (Å²) in [5.74, 6) is -2.76. The predicted octanol–water partition coefficient (Wildman–Crippen LogP) is 2.94. The van der Waals surface area contributed by atoms with Gasteiger partial charge in [0.25, 0.3) is 5.78 Å². The molecule has 0 saturated carbocycles. The lowest BCUT2D eigenvalue weighted by Gasteiger charge is -2.06. The Kier molecular flexibility index (Phi) is 4.85. The summed E-state index contributed by atoms with van der Waals surface area (Å²) in [7, 11) is 0. The highest BCUT2D eigenvalue weighted by Crippen LogP contribution is 2.24. The lowest BCUT2D eigenvalue weighted by atomic mass is 10.1. The quantitative estimate of drug-likeness (QED) is 0.257. The van der Waals surface area contributed by atoms with Gasteiger partial charge in [-0.2, -0.15) is 0 Å². The van der Waals surface area contributed by atoms with Crippen molar-refractivity contribution >= 4 is 50.3 Å². The van der Waals surface area contributed by atoms with Gasteiger partial charge in [-0.25, -0.2) is 9.18 Å². The summed E-state index contributed by atoms with van der Waals surface area (Å²) in [6.07, 6.45) is 0. The maximum atomic E-state index is 13.6. The topological polar surface area (TPSA) is 43.4 Å². The Morgan fingerprint density at radius 3 is 2.69 bits per heavy atom. The van der Waals surface area contributed by atoms with Crippen molar-refractivity contribution < 1.29 is 18.7 Å². The van der Waals surface area contributed by atoms with Gasteiger partial charge in [-0.05, 0) is 57.6 Å². The molecule has 0 amide bonds. The van der Waals surface area contributed by atoms with Gasteiger partial charge in [-0.3, -0.25) is 4.79 Å². The standard InChI is InChI=1S/C10H7BrFIO3/c1-2-16-10(15)9(14)7-6(13)4-3-5(11)8(7)12/h3-4H,2H2,1H3. The van der Waals surface area contributed by atoms with Crippen molar-refractivity contribution in [2.75, 3.05) is 6.61 Å². The van der Waals surface area contributed by atoms with Crippen LogP contribution in [0.25, 0.3) is 0 Å². The third-order valence-electron chi connectivity index (χ3n) is 1.73. The zero-order valence-electron chi connectivity index (χ0n) is 8.22. The number of ketones is 1. The molecule has 0 atom stereocenters. The van der Waals surface area contributed by atoms with E-state index in [0.29, 0.717) is 3.57 Å². The van der Waals surface area contributed by atoms with Crippen molar-refractivity contribution in [3.63, 3.8) is 0 Å². The maximum absolute atomic E-state index is 13.6. The van der Waals surface area contributed by atoms with Crippen LogP contribution in [0.2, 0.25) is 0 Å². The monoisotopic (exact) mass is 400 g/mol. The molecule has 16 heavy (non-hydrogen) atoms. The third-order valence-corrected chi connectivity index (χ3v) is 3.24. The second kappa shape index (κ2) is 5.72. The van der Waals surface area contributed by atoms with E-state index in [-0.39, 0.29) is 16.6 Å². The molecule has 6 heteroatoms. The SMILES string of the molecule is CCOC(=O)C(=O)c1c(I)ccc(Br)c1F. The molecular formula is C10H7BrFIO3. The number of hydrogen-bond acceptors (Lipinski definition) is 3. The van der Waals surface area contributed by atoms with Gasteiger partial charge in [0.1, 0.15) is 5.82 Å². The summed E-state index contributed by atoms with van der Waals surface area (Å²) >= 11 is 4.74. The molecule has 0 fully saturated rings. The van der Waals surface area contributed by atoms with Crippen molar-refractivity contribution in [2.24, 2.45) is 0 Å². The first-order valence-corrected chi connectivity index (χ1v) is 6.21. The molecule has 0 N–H and O–H groups in total. The van der Waals surface area contributed by atoms with Crippen LogP contribution >= 0.6 is 38.5 Å². The van der Waals surface area contributed by atoms with E-state index in [1.807, 2.05) is 0 Å². The number of carbonyl (C=O) groups is 2. The van der Waals surface area contributed by atoms with E-state index >= 15 is 0 Å². The van der Waals surface area contributed by atoms with Gasteiger partial charge in [0.2, 0.25) is 0 Å². The summed E-state index contributed by atoms with van der Waals surface area (Å²) in [4.78, 5) is 22.8. The van der Waals surface area contributed by atoms with Gasteiger partial charge < -0.3 is 4.74 Å². The van der Waals surface area contributed by atoms with Crippen LogP contribution in [0.3, 0.4) is 0 Å². The fraction of sp³-hybridized carbons (Fsp3) is 0.200. The Balaban J connectivity index is 3.18. The normalized spacial score (nSPS) is 10.0. The third kappa shape index (κ3) is 2.79. The number of rotatable bonds is 3. The highest BCUT2D eigenvalue weighted by Gasteiger charge is 2.25. The van der Waals surface area contributed by atoms with E-state index < -0.39 is 17.6 Å². The molecule has 0 spiro atoms. The Morgan fingerprint density at radius 2 is 2.12 bits per heavy atom. The van der Waals surface area contributed by atoms with Crippen LogP contribution in [-0.2, 0) is 9.53 Å². The maximum Gasteiger partial charge on any atom is 0.379 e. The molecule has 0 unspecified atom stereocenters. The van der Waals surface area contributed by atoms with Crippen molar-refractivity contribution in [3.05, 3.63) is 31.6 Å². The highest BCUT2D eigenvalue weighted by molar-refractivity contribution is 14.1. The largest absolute Gasteiger partial charge is 0.460 e. The summed E-state index contributed by atoms with van der Waals surface area (Å²) in [5.41, 5.74) is -0.256. The zero-order chi connectivity index (χ0) is 12.3. The summed E-state index contributed by atoms with van der Waals surface area (Å²) < 4.78 is 18.7. The lowest BCUT2D eigenvalue weighted by Crippen LogP contribution is -2.20. The molecule has 1 aromatic rings. The molecule has 0 saturated heterocycles. The summed E-state index contributed by atoms with van der Waals surface area (Å²) in [5, 5.41) is 0. The van der Waals surface area contributed by atoms with E-state index in [2.05, 4.69) is 20.7 Å². The molecule has 0 heterocycles. The molecule has 3 nitrogen and oxygen atoms in total. The van der Waals surface area contributed by atoms with Crippen LogP contribution in [0.4, 0.5) is 4.39 Å². The molecular weight excluding hydrogens is 394 g/mol. The van der Waals surface area contributed by atoms with E-state index in [1.165, 1.54) is 6.07 Å². The Hall–Kier alpha value is -0.500. The van der Waals surface area contributed by atoms with E-state index in [4.69, 9.17) is 0 Å². The minimum absolute atomic E-state index is 0.0801. The smallest absolute Gasteiger partial charge is 0.379 e. The summed E-state index contributed by atoms with van der Waals surface area (Å²) in [6, 6.07) is 3.01. The molecule has 0 aliphatic carbocycles. The molecule has 86 valence electrons. The van der Waals surface area contributed by atoms with E-state index in [1.54, 1.807) is 35.6 Å². The van der Waals surface area contributed by atoms with Gasteiger partial charge in [0.05, 0.1) is 16.6 Å². The fourth-order valence-electron chi connectivity index (χ4n) is 1.03. The number of ether oxygens (including phenoxy) is 1. The lowest BCUT2D eigenvalue weighted by molar-refractivity contribution is -0.137. The van der Waals surface area contributed by atoms with E-state index in [9.17, 15) is 14.0 Å². The molecule has 0 radical (unpaired) electrons. The molecule has 0 bridgehead atoms. The van der Waals surface area contributed by atoms with Crippen molar-refractivity contribution in [3.8, 4) is 0 Å². The first-order chi connectivity index (χ1) is 7.49. The van der Waals surface area contributed by atoms with Crippen LogP contribution < -0.4 is 0 Å². The van der Waals surface area contributed by atoms with Crippen LogP contribution in [0.15, 0.2) is 16.6 Å². The highest BCUT2D eigenvalue weighted by atomic mass is 127. The first-order valence-electron chi connectivity index (χ1n) is 4.34.